The van der Waals surface area contributed by atoms with Crippen LogP contribution in [-0.2, 0) is 9.59 Å². The van der Waals surface area contributed by atoms with E-state index in [1.807, 2.05) is 0 Å². The molecular formula is C24H32N2O4. The van der Waals surface area contributed by atoms with Crippen molar-refractivity contribution in [1.82, 2.24) is 10.6 Å². The fourth-order valence-electron chi connectivity index (χ4n) is 4.25. The summed E-state index contributed by atoms with van der Waals surface area (Å²) >= 11 is 0. The first kappa shape index (κ1) is 22.2. The van der Waals surface area contributed by atoms with Crippen LogP contribution in [-0.4, -0.2) is 35.5 Å². The van der Waals surface area contributed by atoms with Crippen LogP contribution in [0.25, 0.3) is 0 Å². The van der Waals surface area contributed by atoms with E-state index in [1.54, 1.807) is 24.3 Å². The van der Waals surface area contributed by atoms with Gasteiger partial charge in [-0.25, -0.2) is 0 Å². The number of Topliss-reactive ketones (excluding diaryl/α,β-unsaturated/α-hetero) is 2. The molecule has 0 radical (unpaired) electrons. The molecule has 30 heavy (non-hydrogen) atoms. The highest BCUT2D eigenvalue weighted by Crippen LogP contribution is 2.18. The summed E-state index contributed by atoms with van der Waals surface area (Å²) in [6, 6.07) is 5.62. The summed E-state index contributed by atoms with van der Waals surface area (Å²) in [5, 5.41) is 5.73. The van der Waals surface area contributed by atoms with Crippen molar-refractivity contribution in [2.45, 2.75) is 89.1 Å². The van der Waals surface area contributed by atoms with E-state index >= 15 is 0 Å². The van der Waals surface area contributed by atoms with Gasteiger partial charge in [-0.2, -0.15) is 0 Å². The molecule has 0 bridgehead atoms. The summed E-state index contributed by atoms with van der Waals surface area (Å²) in [5.41, 5.74) is 0.990. The third-order valence-corrected chi connectivity index (χ3v) is 6.05. The predicted octanol–water partition coefficient (Wildman–Crippen LogP) is 3.73. The molecule has 2 N–H and O–H groups in total. The Morgan fingerprint density at radius 1 is 0.600 bits per heavy atom. The first-order valence-corrected chi connectivity index (χ1v) is 11.3. The van der Waals surface area contributed by atoms with Crippen molar-refractivity contribution in [2.24, 2.45) is 0 Å². The van der Waals surface area contributed by atoms with E-state index in [-0.39, 0.29) is 23.4 Å². The third-order valence-electron chi connectivity index (χ3n) is 6.05. The molecule has 2 aliphatic heterocycles. The van der Waals surface area contributed by atoms with Gasteiger partial charge in [0.25, 0.3) is 0 Å². The Balaban J connectivity index is 1.68. The van der Waals surface area contributed by atoms with Gasteiger partial charge in [-0.15, -0.1) is 0 Å². The fraction of sp³-hybridized carbons (Fsp3) is 0.583. The third kappa shape index (κ3) is 6.25. The van der Waals surface area contributed by atoms with Crippen LogP contribution in [0.15, 0.2) is 24.3 Å². The largest absolute Gasteiger partial charge is 0.346 e. The van der Waals surface area contributed by atoms with Crippen LogP contribution in [0.1, 0.15) is 97.8 Å². The Bertz CT molecular complexity index is 707. The van der Waals surface area contributed by atoms with Crippen molar-refractivity contribution < 1.29 is 19.2 Å². The molecule has 1 aromatic rings. The van der Waals surface area contributed by atoms with Crippen molar-refractivity contribution in [2.75, 3.05) is 0 Å². The van der Waals surface area contributed by atoms with Crippen molar-refractivity contribution >= 4 is 23.4 Å². The zero-order valence-corrected chi connectivity index (χ0v) is 17.6. The average molecular weight is 413 g/mol. The second-order valence-corrected chi connectivity index (χ2v) is 8.45. The van der Waals surface area contributed by atoms with E-state index < -0.39 is 12.1 Å². The molecule has 0 aromatic heterocycles. The lowest BCUT2D eigenvalue weighted by Crippen LogP contribution is -2.41. The van der Waals surface area contributed by atoms with Crippen LogP contribution in [0.5, 0.6) is 0 Å². The lowest BCUT2D eigenvalue weighted by Gasteiger charge is -2.18. The number of amides is 2. The van der Waals surface area contributed by atoms with E-state index in [0.717, 1.165) is 51.4 Å². The van der Waals surface area contributed by atoms with Crippen LogP contribution in [0.4, 0.5) is 0 Å². The zero-order chi connectivity index (χ0) is 21.3. The van der Waals surface area contributed by atoms with E-state index in [2.05, 4.69) is 10.6 Å². The summed E-state index contributed by atoms with van der Waals surface area (Å²) in [4.78, 5) is 49.9. The second-order valence-electron chi connectivity index (χ2n) is 8.45. The van der Waals surface area contributed by atoms with Crippen LogP contribution >= 0.6 is 0 Å². The monoisotopic (exact) mass is 412 g/mol. The number of ketones is 2. The minimum Gasteiger partial charge on any atom is -0.346 e. The maximum absolute atomic E-state index is 12.9. The second kappa shape index (κ2) is 11.0. The fourth-order valence-corrected chi connectivity index (χ4v) is 4.25. The lowest BCUT2D eigenvalue weighted by atomic mass is 9.95. The zero-order valence-electron chi connectivity index (χ0n) is 17.6. The molecule has 2 unspecified atom stereocenters. The molecule has 6 heteroatoms. The number of rotatable bonds is 4. The van der Waals surface area contributed by atoms with Gasteiger partial charge in [-0.05, 0) is 25.7 Å². The van der Waals surface area contributed by atoms with E-state index in [9.17, 15) is 19.2 Å². The SMILES string of the molecule is O=C1CCCCCCC(C(=O)c2ccc(C(=O)C3CCCCCCC(=O)N3)cc2)N1. The minimum atomic E-state index is -0.509. The highest BCUT2D eigenvalue weighted by Gasteiger charge is 2.25. The van der Waals surface area contributed by atoms with Crippen molar-refractivity contribution in [3.63, 3.8) is 0 Å². The van der Waals surface area contributed by atoms with Gasteiger partial charge in [0.1, 0.15) is 0 Å². The molecule has 2 amide bonds. The number of carbonyl (C=O) groups is 4. The lowest BCUT2D eigenvalue weighted by molar-refractivity contribution is -0.122. The van der Waals surface area contributed by atoms with Gasteiger partial charge in [0.05, 0.1) is 12.1 Å². The Hall–Kier alpha value is -2.50. The predicted molar refractivity (Wildman–Crippen MR) is 114 cm³/mol. The number of benzene rings is 1. The first-order chi connectivity index (χ1) is 14.5. The minimum absolute atomic E-state index is 0.0713. The van der Waals surface area contributed by atoms with Gasteiger partial charge < -0.3 is 10.6 Å². The molecule has 2 heterocycles. The van der Waals surface area contributed by atoms with Crippen molar-refractivity contribution in [3.05, 3.63) is 35.4 Å². The molecule has 1 aromatic carbocycles. The number of nitrogens with one attached hydrogen (secondary N) is 2. The number of hydrogen-bond donors (Lipinski definition) is 2. The summed E-state index contributed by atoms with van der Waals surface area (Å²) < 4.78 is 0. The topological polar surface area (TPSA) is 92.3 Å². The van der Waals surface area contributed by atoms with Gasteiger partial charge in [0, 0.05) is 24.0 Å². The van der Waals surface area contributed by atoms with Gasteiger partial charge in [-0.3, -0.25) is 19.2 Å². The molecule has 2 aliphatic rings. The highest BCUT2D eigenvalue weighted by atomic mass is 16.2. The molecular weight excluding hydrogens is 380 g/mol. The molecule has 162 valence electrons. The summed E-state index contributed by atoms with van der Waals surface area (Å²) in [7, 11) is 0. The molecule has 3 rings (SSSR count). The normalized spacial score (nSPS) is 24.0. The van der Waals surface area contributed by atoms with E-state index in [0.29, 0.717) is 36.8 Å². The Labute approximate surface area is 178 Å². The van der Waals surface area contributed by atoms with Crippen molar-refractivity contribution in [1.29, 1.82) is 0 Å². The maximum Gasteiger partial charge on any atom is 0.220 e. The maximum atomic E-state index is 12.9. The molecule has 2 saturated heterocycles. The molecule has 2 fully saturated rings. The number of carbonyl (C=O) groups excluding carboxylic acids is 4. The van der Waals surface area contributed by atoms with Gasteiger partial charge in [-0.1, -0.05) is 62.8 Å². The van der Waals surface area contributed by atoms with E-state index in [1.165, 1.54) is 0 Å². The quantitative estimate of drug-likeness (QED) is 0.737. The molecule has 0 aliphatic carbocycles. The highest BCUT2D eigenvalue weighted by molar-refractivity contribution is 6.05. The van der Waals surface area contributed by atoms with Gasteiger partial charge >= 0.3 is 0 Å². The van der Waals surface area contributed by atoms with Crippen molar-refractivity contribution in [3.8, 4) is 0 Å². The summed E-state index contributed by atoms with van der Waals surface area (Å²) in [5.74, 6) is -0.365. The Morgan fingerprint density at radius 2 is 0.967 bits per heavy atom. The molecule has 2 atom stereocenters. The van der Waals surface area contributed by atoms with Gasteiger partial charge in [0.15, 0.2) is 11.6 Å². The van der Waals surface area contributed by atoms with Crippen LogP contribution in [0.2, 0.25) is 0 Å². The smallest absolute Gasteiger partial charge is 0.220 e. The standard InChI is InChI=1S/C24H32N2O4/c27-21-11-7-3-1-5-9-19(25-21)23(29)17-13-15-18(16-14-17)24(30)20-10-6-2-4-8-12-22(28)26-20/h13-16,19-20H,1-12H2,(H,25,27)(H,26,28). The first-order valence-electron chi connectivity index (χ1n) is 11.3. The van der Waals surface area contributed by atoms with Crippen LogP contribution in [0, 0.1) is 0 Å². The molecule has 0 saturated carbocycles. The Morgan fingerprint density at radius 3 is 1.37 bits per heavy atom. The summed E-state index contributed by atoms with van der Waals surface area (Å²) in [6.45, 7) is 0. The summed E-state index contributed by atoms with van der Waals surface area (Å²) in [6.07, 6.45) is 9.84. The number of hydrogen-bond acceptors (Lipinski definition) is 4. The molecule has 6 nitrogen and oxygen atoms in total. The van der Waals surface area contributed by atoms with Crippen LogP contribution < -0.4 is 10.6 Å². The average Bonchev–Trinajstić information content (AvgIpc) is 2.93. The Kier molecular flexibility index (Phi) is 8.17. The van der Waals surface area contributed by atoms with Gasteiger partial charge in [0.2, 0.25) is 11.8 Å². The van der Waals surface area contributed by atoms with Crippen LogP contribution in [0.3, 0.4) is 0 Å². The molecule has 0 spiro atoms. The van der Waals surface area contributed by atoms with E-state index in [4.69, 9.17) is 0 Å².